The summed E-state index contributed by atoms with van der Waals surface area (Å²) < 4.78 is 18.8. The van der Waals surface area contributed by atoms with Crippen LogP contribution in [0.1, 0.15) is 37.8 Å². The number of rotatable bonds is 5. The smallest absolute Gasteiger partial charge is 0.165 e. The van der Waals surface area contributed by atoms with Crippen molar-refractivity contribution in [3.8, 4) is 5.75 Å². The fourth-order valence-corrected chi connectivity index (χ4v) is 4.04. The van der Waals surface area contributed by atoms with Gasteiger partial charge in [0.15, 0.2) is 11.6 Å². The molecule has 106 valence electrons. The van der Waals surface area contributed by atoms with E-state index in [0.717, 1.165) is 12.1 Å². The quantitative estimate of drug-likeness (QED) is 0.889. The lowest BCUT2D eigenvalue weighted by atomic mass is 9.99. The van der Waals surface area contributed by atoms with Crippen molar-refractivity contribution >= 4 is 11.8 Å². The molecular formula is C15H22FNOS. The van der Waals surface area contributed by atoms with Gasteiger partial charge >= 0.3 is 0 Å². The van der Waals surface area contributed by atoms with Gasteiger partial charge in [0, 0.05) is 11.3 Å². The molecule has 1 aromatic rings. The number of nitrogens with one attached hydrogen (secondary N) is 1. The third-order valence-electron chi connectivity index (χ3n) is 3.55. The number of hydrogen-bond acceptors (Lipinski definition) is 3. The fourth-order valence-electron chi connectivity index (χ4n) is 2.59. The fraction of sp³-hybridized carbons (Fsp3) is 0.600. The number of thioether (sulfide) groups is 1. The van der Waals surface area contributed by atoms with Gasteiger partial charge in [-0.2, -0.15) is 11.8 Å². The van der Waals surface area contributed by atoms with Crippen molar-refractivity contribution in [2.24, 2.45) is 0 Å². The highest BCUT2D eigenvalue weighted by molar-refractivity contribution is 8.00. The first kappa shape index (κ1) is 14.7. The second-order valence-electron chi connectivity index (χ2n) is 4.83. The molecule has 2 unspecified atom stereocenters. The second kappa shape index (κ2) is 7.15. The van der Waals surface area contributed by atoms with Gasteiger partial charge in [-0.25, -0.2) is 4.39 Å². The van der Waals surface area contributed by atoms with Crippen LogP contribution in [0.15, 0.2) is 18.2 Å². The van der Waals surface area contributed by atoms with Crippen LogP contribution >= 0.6 is 11.8 Å². The van der Waals surface area contributed by atoms with E-state index in [9.17, 15) is 4.39 Å². The minimum atomic E-state index is -0.274. The van der Waals surface area contributed by atoms with Crippen molar-refractivity contribution in [1.29, 1.82) is 0 Å². The van der Waals surface area contributed by atoms with Crippen LogP contribution in [0, 0.1) is 5.82 Å². The van der Waals surface area contributed by atoms with E-state index in [4.69, 9.17) is 4.74 Å². The molecule has 0 spiro atoms. The summed E-state index contributed by atoms with van der Waals surface area (Å²) in [6.45, 7) is 3.00. The average Bonchev–Trinajstić information content (AvgIpc) is 2.45. The van der Waals surface area contributed by atoms with Crippen LogP contribution in [0.3, 0.4) is 0 Å². The lowest BCUT2D eigenvalue weighted by Gasteiger charge is -2.31. The monoisotopic (exact) mass is 283 g/mol. The Kier molecular flexibility index (Phi) is 5.52. The molecule has 1 saturated heterocycles. The number of ether oxygens (including phenoxy) is 1. The van der Waals surface area contributed by atoms with E-state index in [1.807, 2.05) is 17.8 Å². The van der Waals surface area contributed by atoms with Gasteiger partial charge in [-0.15, -0.1) is 0 Å². The maximum absolute atomic E-state index is 13.9. The molecule has 0 amide bonds. The van der Waals surface area contributed by atoms with Gasteiger partial charge in [0.1, 0.15) is 0 Å². The van der Waals surface area contributed by atoms with Crippen LogP contribution < -0.4 is 10.1 Å². The number of benzene rings is 1. The summed E-state index contributed by atoms with van der Waals surface area (Å²) in [5.74, 6) is 1.25. The first-order chi connectivity index (χ1) is 9.26. The highest BCUT2D eigenvalue weighted by Gasteiger charge is 2.25. The highest BCUT2D eigenvalue weighted by Crippen LogP contribution is 2.35. The van der Waals surface area contributed by atoms with Crippen LogP contribution in [0.2, 0.25) is 0 Å². The summed E-state index contributed by atoms with van der Waals surface area (Å²) in [5.41, 5.74) is 1.03. The molecule has 0 radical (unpaired) electrons. The topological polar surface area (TPSA) is 21.3 Å². The zero-order valence-corrected chi connectivity index (χ0v) is 12.4. The standard InChI is InChI=1S/C15H22FNOS/c1-3-17-15(14-6-4-5-9-19-14)11-7-8-13(18-2)12(16)10-11/h7-8,10,14-15,17H,3-6,9H2,1-2H3. The van der Waals surface area contributed by atoms with Crippen LogP contribution in [-0.2, 0) is 0 Å². The minimum absolute atomic E-state index is 0.232. The average molecular weight is 283 g/mol. The Balaban J connectivity index is 2.19. The van der Waals surface area contributed by atoms with Gasteiger partial charge in [-0.1, -0.05) is 19.4 Å². The zero-order chi connectivity index (χ0) is 13.7. The van der Waals surface area contributed by atoms with E-state index in [1.54, 1.807) is 12.1 Å². The van der Waals surface area contributed by atoms with E-state index in [2.05, 4.69) is 12.2 Å². The maximum atomic E-state index is 13.9. The lowest BCUT2D eigenvalue weighted by Crippen LogP contribution is -2.31. The molecule has 1 fully saturated rings. The van der Waals surface area contributed by atoms with Crippen molar-refractivity contribution in [2.45, 2.75) is 37.5 Å². The molecule has 2 rings (SSSR count). The van der Waals surface area contributed by atoms with Gasteiger partial charge in [0.05, 0.1) is 7.11 Å². The van der Waals surface area contributed by atoms with E-state index in [-0.39, 0.29) is 11.9 Å². The molecule has 0 aromatic heterocycles. The molecular weight excluding hydrogens is 261 g/mol. The Morgan fingerprint density at radius 1 is 1.47 bits per heavy atom. The van der Waals surface area contributed by atoms with Crippen molar-refractivity contribution in [2.75, 3.05) is 19.4 Å². The molecule has 1 heterocycles. The van der Waals surface area contributed by atoms with Gasteiger partial charge in [0.25, 0.3) is 0 Å². The molecule has 1 N–H and O–H groups in total. The van der Waals surface area contributed by atoms with Crippen molar-refractivity contribution in [1.82, 2.24) is 5.32 Å². The third kappa shape index (κ3) is 3.63. The minimum Gasteiger partial charge on any atom is -0.494 e. The Bertz CT molecular complexity index is 407. The van der Waals surface area contributed by atoms with Gasteiger partial charge < -0.3 is 10.1 Å². The summed E-state index contributed by atoms with van der Waals surface area (Å²) in [7, 11) is 1.50. The van der Waals surface area contributed by atoms with Crippen molar-refractivity contribution in [3.05, 3.63) is 29.6 Å². The Morgan fingerprint density at radius 2 is 2.32 bits per heavy atom. The van der Waals surface area contributed by atoms with Crippen LogP contribution in [0.25, 0.3) is 0 Å². The molecule has 1 aromatic carbocycles. The van der Waals surface area contributed by atoms with Gasteiger partial charge in [0.2, 0.25) is 0 Å². The van der Waals surface area contributed by atoms with Crippen molar-refractivity contribution < 1.29 is 9.13 Å². The third-order valence-corrected chi connectivity index (χ3v) is 5.01. The number of methoxy groups -OCH3 is 1. The van der Waals surface area contributed by atoms with E-state index in [1.165, 1.54) is 32.1 Å². The van der Waals surface area contributed by atoms with E-state index in [0.29, 0.717) is 11.0 Å². The van der Waals surface area contributed by atoms with Gasteiger partial charge in [-0.3, -0.25) is 0 Å². The predicted octanol–water partition coefficient (Wildman–Crippen LogP) is 3.77. The van der Waals surface area contributed by atoms with Crippen LogP contribution in [-0.4, -0.2) is 24.7 Å². The first-order valence-electron chi connectivity index (χ1n) is 6.94. The van der Waals surface area contributed by atoms with Crippen molar-refractivity contribution in [3.63, 3.8) is 0 Å². The molecule has 2 nitrogen and oxygen atoms in total. The maximum Gasteiger partial charge on any atom is 0.165 e. The Morgan fingerprint density at radius 3 is 2.89 bits per heavy atom. The summed E-state index contributed by atoms with van der Waals surface area (Å²) >= 11 is 2.01. The lowest BCUT2D eigenvalue weighted by molar-refractivity contribution is 0.385. The van der Waals surface area contributed by atoms with E-state index >= 15 is 0 Å². The molecule has 4 heteroatoms. The normalized spacial score (nSPS) is 21.1. The summed E-state index contributed by atoms with van der Waals surface area (Å²) in [6, 6.07) is 5.55. The summed E-state index contributed by atoms with van der Waals surface area (Å²) in [5, 5.41) is 4.05. The molecule has 0 bridgehead atoms. The summed E-state index contributed by atoms with van der Waals surface area (Å²) in [4.78, 5) is 0. The molecule has 19 heavy (non-hydrogen) atoms. The van der Waals surface area contributed by atoms with E-state index < -0.39 is 0 Å². The molecule has 0 saturated carbocycles. The summed E-state index contributed by atoms with van der Waals surface area (Å²) in [6.07, 6.45) is 3.78. The highest BCUT2D eigenvalue weighted by atomic mass is 32.2. The predicted molar refractivity (Wildman–Crippen MR) is 79.5 cm³/mol. The molecule has 2 atom stereocenters. The molecule has 0 aliphatic carbocycles. The molecule has 1 aliphatic heterocycles. The SMILES string of the molecule is CCNC(c1ccc(OC)c(F)c1)C1CCCCS1. The zero-order valence-electron chi connectivity index (χ0n) is 11.6. The Labute approximate surface area is 119 Å². The first-order valence-corrected chi connectivity index (χ1v) is 7.99. The number of halogens is 1. The van der Waals surface area contributed by atoms with Gasteiger partial charge in [-0.05, 0) is 42.8 Å². The van der Waals surface area contributed by atoms with Crippen LogP contribution in [0.4, 0.5) is 4.39 Å². The second-order valence-corrected chi connectivity index (χ2v) is 6.18. The van der Waals surface area contributed by atoms with Crippen LogP contribution in [0.5, 0.6) is 5.75 Å². The Hall–Kier alpha value is -0.740. The number of hydrogen-bond donors (Lipinski definition) is 1. The molecule has 1 aliphatic rings. The largest absolute Gasteiger partial charge is 0.494 e.